The molecular formula is C26H27ClFN5O5. The lowest BCUT2D eigenvalue weighted by atomic mass is 9.90. The van der Waals surface area contributed by atoms with Crippen LogP contribution in [-0.4, -0.2) is 50.3 Å². The van der Waals surface area contributed by atoms with Gasteiger partial charge >= 0.3 is 11.8 Å². The molecule has 200 valence electrons. The summed E-state index contributed by atoms with van der Waals surface area (Å²) in [6.07, 6.45) is 2.15. The van der Waals surface area contributed by atoms with Crippen LogP contribution in [0.2, 0.25) is 5.02 Å². The van der Waals surface area contributed by atoms with Gasteiger partial charge in [0.05, 0.1) is 28.1 Å². The van der Waals surface area contributed by atoms with Crippen LogP contribution in [0, 0.1) is 15.9 Å². The third-order valence-electron chi connectivity index (χ3n) is 6.06. The third kappa shape index (κ3) is 6.10. The number of hydrogen-bond donors (Lipinski definition) is 1. The van der Waals surface area contributed by atoms with Gasteiger partial charge in [-0.2, -0.15) is 9.49 Å². The Labute approximate surface area is 223 Å². The third-order valence-corrected chi connectivity index (χ3v) is 6.31. The summed E-state index contributed by atoms with van der Waals surface area (Å²) >= 11 is 6.05. The van der Waals surface area contributed by atoms with Gasteiger partial charge in [-0.3, -0.25) is 14.9 Å². The van der Waals surface area contributed by atoms with E-state index in [2.05, 4.69) is 10.4 Å². The summed E-state index contributed by atoms with van der Waals surface area (Å²) in [6.45, 7) is 6.28. The van der Waals surface area contributed by atoms with E-state index in [1.54, 1.807) is 33.8 Å². The van der Waals surface area contributed by atoms with Gasteiger partial charge in [-0.05, 0) is 70.0 Å². The molecule has 2 aromatic carbocycles. The molecule has 12 heteroatoms. The number of anilines is 1. The molecule has 0 radical (unpaired) electrons. The Bertz CT molecular complexity index is 1360. The first kappa shape index (κ1) is 27.1. The van der Waals surface area contributed by atoms with E-state index in [1.807, 2.05) is 20.8 Å². The Morgan fingerprint density at radius 3 is 2.42 bits per heavy atom. The van der Waals surface area contributed by atoms with Crippen molar-refractivity contribution in [3.63, 3.8) is 0 Å². The number of carbonyl (C=O) groups is 2. The SMILES string of the molecule is CC(C)(C)OC(=O)N1CCC(c2c(C(=O)Nc3ccc(F)c([N+](=O)[O-])c3)cnn2-c2ccc(Cl)cc2)CC1. The lowest BCUT2D eigenvalue weighted by Gasteiger charge is -2.34. The van der Waals surface area contributed by atoms with Gasteiger partial charge in [-0.1, -0.05) is 11.6 Å². The minimum Gasteiger partial charge on any atom is -0.444 e. The van der Waals surface area contributed by atoms with Crippen LogP contribution in [0.15, 0.2) is 48.7 Å². The summed E-state index contributed by atoms with van der Waals surface area (Å²) in [5.74, 6) is -1.67. The molecule has 0 unspecified atom stereocenters. The summed E-state index contributed by atoms with van der Waals surface area (Å²) in [4.78, 5) is 37.8. The van der Waals surface area contributed by atoms with Crippen LogP contribution in [-0.2, 0) is 4.74 Å². The number of piperidine rings is 1. The molecule has 2 amide bonds. The Balaban J connectivity index is 1.63. The van der Waals surface area contributed by atoms with Crippen LogP contribution in [0.25, 0.3) is 5.69 Å². The Kier molecular flexibility index (Phi) is 7.68. The number of hydrogen-bond acceptors (Lipinski definition) is 6. The molecule has 2 heterocycles. The van der Waals surface area contributed by atoms with E-state index in [0.29, 0.717) is 42.3 Å². The van der Waals surface area contributed by atoms with Gasteiger partial charge in [0.2, 0.25) is 5.82 Å². The van der Waals surface area contributed by atoms with Crippen molar-refractivity contribution in [2.45, 2.75) is 45.1 Å². The number of likely N-dealkylation sites (tertiary alicyclic amines) is 1. The largest absolute Gasteiger partial charge is 0.444 e. The fourth-order valence-corrected chi connectivity index (χ4v) is 4.43. The monoisotopic (exact) mass is 543 g/mol. The molecule has 0 atom stereocenters. The predicted octanol–water partition coefficient (Wildman–Crippen LogP) is 5.94. The van der Waals surface area contributed by atoms with Crippen molar-refractivity contribution < 1.29 is 23.6 Å². The quantitative estimate of drug-likeness (QED) is 0.314. The zero-order valence-electron chi connectivity index (χ0n) is 21.1. The lowest BCUT2D eigenvalue weighted by molar-refractivity contribution is -0.387. The number of ether oxygens (including phenoxy) is 1. The first-order valence-corrected chi connectivity index (χ1v) is 12.4. The van der Waals surface area contributed by atoms with Crippen LogP contribution in [0.3, 0.4) is 0 Å². The van der Waals surface area contributed by atoms with Crippen molar-refractivity contribution in [1.82, 2.24) is 14.7 Å². The van der Waals surface area contributed by atoms with Crippen molar-refractivity contribution in [2.75, 3.05) is 18.4 Å². The summed E-state index contributed by atoms with van der Waals surface area (Å²) in [5, 5.41) is 18.7. The molecule has 1 aliphatic heterocycles. The number of halogens is 2. The highest BCUT2D eigenvalue weighted by molar-refractivity contribution is 6.30. The number of amides is 2. The van der Waals surface area contributed by atoms with Crippen LogP contribution < -0.4 is 5.32 Å². The van der Waals surface area contributed by atoms with Gasteiger partial charge in [0.25, 0.3) is 5.91 Å². The maximum Gasteiger partial charge on any atom is 0.410 e. The summed E-state index contributed by atoms with van der Waals surface area (Å²) in [7, 11) is 0. The highest BCUT2D eigenvalue weighted by atomic mass is 35.5. The Morgan fingerprint density at radius 1 is 1.16 bits per heavy atom. The number of nitrogens with zero attached hydrogens (tertiary/aromatic N) is 4. The number of benzene rings is 2. The number of aromatic nitrogens is 2. The molecule has 1 saturated heterocycles. The second kappa shape index (κ2) is 10.8. The molecule has 0 saturated carbocycles. The molecule has 4 rings (SSSR count). The van der Waals surface area contributed by atoms with E-state index in [0.717, 1.165) is 12.1 Å². The van der Waals surface area contributed by atoms with Crippen molar-refractivity contribution in [2.24, 2.45) is 0 Å². The van der Waals surface area contributed by atoms with E-state index < -0.39 is 34.0 Å². The number of rotatable bonds is 5. The van der Waals surface area contributed by atoms with E-state index >= 15 is 0 Å². The summed E-state index contributed by atoms with van der Waals surface area (Å²) < 4.78 is 20.9. The van der Waals surface area contributed by atoms with Crippen molar-refractivity contribution in [3.05, 3.63) is 80.9 Å². The molecule has 0 bridgehead atoms. The molecule has 10 nitrogen and oxygen atoms in total. The van der Waals surface area contributed by atoms with Crippen LogP contribution in [0.5, 0.6) is 0 Å². The summed E-state index contributed by atoms with van der Waals surface area (Å²) in [6, 6.07) is 10.1. The molecule has 0 spiro atoms. The van der Waals surface area contributed by atoms with Gasteiger partial charge < -0.3 is 15.0 Å². The first-order chi connectivity index (χ1) is 17.9. The molecule has 1 N–H and O–H groups in total. The van der Waals surface area contributed by atoms with Crippen molar-refractivity contribution in [1.29, 1.82) is 0 Å². The van der Waals surface area contributed by atoms with E-state index in [-0.39, 0.29) is 17.2 Å². The van der Waals surface area contributed by atoms with Gasteiger partial charge in [0, 0.05) is 35.8 Å². The molecule has 3 aromatic rings. The highest BCUT2D eigenvalue weighted by Crippen LogP contribution is 2.33. The Morgan fingerprint density at radius 2 is 1.82 bits per heavy atom. The second-order valence-corrected chi connectivity index (χ2v) is 10.4. The van der Waals surface area contributed by atoms with E-state index in [1.165, 1.54) is 12.3 Å². The van der Waals surface area contributed by atoms with Gasteiger partial charge in [0.15, 0.2) is 0 Å². The van der Waals surface area contributed by atoms with Crippen molar-refractivity contribution >= 4 is 35.0 Å². The fraction of sp³-hybridized carbons (Fsp3) is 0.346. The molecule has 1 aliphatic rings. The average Bonchev–Trinajstić information content (AvgIpc) is 3.30. The smallest absolute Gasteiger partial charge is 0.410 e. The number of carbonyl (C=O) groups excluding carboxylic acids is 2. The fourth-order valence-electron chi connectivity index (χ4n) is 4.30. The maximum absolute atomic E-state index is 13.8. The summed E-state index contributed by atoms with van der Waals surface area (Å²) in [5.41, 5.74) is 0.313. The minimum atomic E-state index is -0.999. The highest BCUT2D eigenvalue weighted by Gasteiger charge is 2.32. The average molecular weight is 544 g/mol. The van der Waals surface area contributed by atoms with Crippen LogP contribution >= 0.6 is 11.6 Å². The lowest BCUT2D eigenvalue weighted by Crippen LogP contribution is -2.41. The number of nitro groups is 1. The predicted molar refractivity (Wildman–Crippen MR) is 139 cm³/mol. The minimum absolute atomic E-state index is 0.0769. The maximum atomic E-state index is 13.8. The van der Waals surface area contributed by atoms with Gasteiger partial charge in [0.1, 0.15) is 5.60 Å². The molecule has 1 aromatic heterocycles. The second-order valence-electron chi connectivity index (χ2n) is 9.95. The number of nitro benzene ring substituents is 1. The zero-order chi connectivity index (χ0) is 27.6. The van der Waals surface area contributed by atoms with Crippen LogP contribution in [0.1, 0.15) is 55.6 Å². The van der Waals surface area contributed by atoms with Gasteiger partial charge in [-0.15, -0.1) is 0 Å². The van der Waals surface area contributed by atoms with Crippen molar-refractivity contribution in [3.8, 4) is 5.69 Å². The van der Waals surface area contributed by atoms with Crippen LogP contribution in [0.4, 0.5) is 20.6 Å². The van der Waals surface area contributed by atoms with E-state index in [4.69, 9.17) is 16.3 Å². The molecular weight excluding hydrogens is 517 g/mol. The topological polar surface area (TPSA) is 120 Å². The molecule has 1 fully saturated rings. The first-order valence-electron chi connectivity index (χ1n) is 12.0. The molecule has 38 heavy (non-hydrogen) atoms. The standard InChI is InChI=1S/C26H27ClFN5O5/c1-26(2,3)38-25(35)31-12-10-16(11-13-31)23-20(15-29-32(23)19-7-4-17(27)5-8-19)24(34)30-18-6-9-21(28)22(14-18)33(36)37/h4-9,14-16H,10-13H2,1-3H3,(H,30,34). The number of nitrogens with one attached hydrogen (secondary N) is 1. The van der Waals surface area contributed by atoms with Gasteiger partial charge in [-0.25, -0.2) is 9.48 Å². The van der Waals surface area contributed by atoms with E-state index in [9.17, 15) is 24.1 Å². The zero-order valence-corrected chi connectivity index (χ0v) is 21.9. The normalized spacial score (nSPS) is 14.3. The Hall–Kier alpha value is -3.99. The molecule has 0 aliphatic carbocycles.